The van der Waals surface area contributed by atoms with Gasteiger partial charge in [-0.05, 0) is 20.0 Å². The van der Waals surface area contributed by atoms with E-state index in [0.29, 0.717) is 17.2 Å². The zero-order chi connectivity index (χ0) is 15.4. The number of hydrogen-bond acceptors (Lipinski definition) is 6. The van der Waals surface area contributed by atoms with Crippen LogP contribution in [0, 0.1) is 0 Å². The van der Waals surface area contributed by atoms with E-state index >= 15 is 0 Å². The largest absolute Gasteiger partial charge is 0.496 e. The van der Waals surface area contributed by atoms with Gasteiger partial charge in [0.1, 0.15) is 10.8 Å². The second-order valence-electron chi connectivity index (χ2n) is 4.49. The molecule has 6 heteroatoms. The van der Waals surface area contributed by atoms with Crippen molar-refractivity contribution in [3.05, 3.63) is 23.2 Å². The first-order valence-electron chi connectivity index (χ1n) is 6.58. The Labute approximate surface area is 128 Å². The Morgan fingerprint density at radius 1 is 1.05 bits per heavy atom. The second kappa shape index (κ2) is 6.78. The number of nitrogens with zero attached hydrogens (tertiary/aromatic N) is 1. The monoisotopic (exact) mass is 308 g/mol. The van der Waals surface area contributed by atoms with E-state index in [1.54, 1.807) is 32.7 Å². The molecule has 5 nitrogen and oxygen atoms in total. The van der Waals surface area contributed by atoms with E-state index in [0.717, 1.165) is 10.6 Å². The molecule has 0 aliphatic heterocycles. The Kier molecular flexibility index (Phi) is 5.03. The molecule has 1 atom stereocenters. The van der Waals surface area contributed by atoms with Crippen LogP contribution in [0.2, 0.25) is 0 Å². The highest BCUT2D eigenvalue weighted by molar-refractivity contribution is 7.15. The Morgan fingerprint density at radius 3 is 2.24 bits per heavy atom. The first-order valence-corrected chi connectivity index (χ1v) is 7.39. The molecule has 21 heavy (non-hydrogen) atoms. The molecular weight excluding hydrogens is 288 g/mol. The number of aromatic nitrogens is 1. The van der Waals surface area contributed by atoms with Gasteiger partial charge < -0.3 is 19.5 Å². The summed E-state index contributed by atoms with van der Waals surface area (Å²) in [5.74, 6) is 2.01. The van der Waals surface area contributed by atoms with Gasteiger partial charge in [0.2, 0.25) is 0 Å². The van der Waals surface area contributed by atoms with Crippen LogP contribution in [0.4, 0.5) is 0 Å². The maximum absolute atomic E-state index is 5.45. The number of methoxy groups -OCH3 is 3. The summed E-state index contributed by atoms with van der Waals surface area (Å²) in [6, 6.07) is 3.98. The lowest BCUT2D eigenvalue weighted by molar-refractivity contribution is 0.349. The first kappa shape index (κ1) is 15.6. The molecule has 0 saturated heterocycles. The molecule has 1 unspecified atom stereocenters. The van der Waals surface area contributed by atoms with Crippen LogP contribution >= 0.6 is 11.3 Å². The molecule has 1 heterocycles. The smallest absolute Gasteiger partial charge is 0.164 e. The number of hydrogen-bond donors (Lipinski definition) is 1. The summed E-state index contributed by atoms with van der Waals surface area (Å²) in [6.07, 6.45) is 1.89. The van der Waals surface area contributed by atoms with Crippen molar-refractivity contribution in [2.24, 2.45) is 0 Å². The van der Waals surface area contributed by atoms with Crippen LogP contribution in [0.5, 0.6) is 17.2 Å². The fourth-order valence-corrected chi connectivity index (χ4v) is 2.95. The normalized spacial score (nSPS) is 12.0. The quantitative estimate of drug-likeness (QED) is 0.888. The van der Waals surface area contributed by atoms with Gasteiger partial charge in [-0.3, -0.25) is 0 Å². The summed E-state index contributed by atoms with van der Waals surface area (Å²) in [5, 5.41) is 4.10. The topological polar surface area (TPSA) is 52.6 Å². The predicted octanol–water partition coefficient (Wildman–Crippen LogP) is 3.12. The lowest BCUT2D eigenvalue weighted by Crippen LogP contribution is -2.10. The lowest BCUT2D eigenvalue weighted by Gasteiger charge is -2.12. The molecule has 0 aliphatic carbocycles. The minimum Gasteiger partial charge on any atom is -0.496 e. The molecule has 0 radical (unpaired) electrons. The van der Waals surface area contributed by atoms with Crippen LogP contribution in [-0.2, 0) is 0 Å². The Bertz CT molecular complexity index is 613. The van der Waals surface area contributed by atoms with Crippen LogP contribution in [0.15, 0.2) is 18.3 Å². The average Bonchev–Trinajstić information content (AvgIpc) is 3.02. The van der Waals surface area contributed by atoms with Crippen molar-refractivity contribution in [2.45, 2.75) is 13.0 Å². The van der Waals surface area contributed by atoms with Crippen molar-refractivity contribution in [1.29, 1.82) is 0 Å². The highest BCUT2D eigenvalue weighted by Crippen LogP contribution is 2.41. The standard InChI is InChI=1S/C15H20N2O3S/c1-9(16-2)14-8-17-15(21-14)10-6-12(19-4)13(20-5)7-11(10)18-3/h6-9,16H,1-5H3. The van der Waals surface area contributed by atoms with Gasteiger partial charge in [-0.2, -0.15) is 0 Å². The van der Waals surface area contributed by atoms with Crippen molar-refractivity contribution in [1.82, 2.24) is 10.3 Å². The van der Waals surface area contributed by atoms with Crippen LogP contribution in [0.3, 0.4) is 0 Å². The van der Waals surface area contributed by atoms with Crippen LogP contribution < -0.4 is 19.5 Å². The predicted molar refractivity (Wildman–Crippen MR) is 84.7 cm³/mol. The fourth-order valence-electron chi connectivity index (χ4n) is 1.95. The van der Waals surface area contributed by atoms with E-state index in [1.807, 2.05) is 25.4 Å². The number of benzene rings is 1. The van der Waals surface area contributed by atoms with Crippen LogP contribution in [-0.4, -0.2) is 33.4 Å². The second-order valence-corrected chi connectivity index (χ2v) is 5.55. The Morgan fingerprint density at radius 2 is 1.67 bits per heavy atom. The van der Waals surface area contributed by atoms with Crippen molar-refractivity contribution in [3.63, 3.8) is 0 Å². The molecule has 1 aromatic carbocycles. The van der Waals surface area contributed by atoms with E-state index in [9.17, 15) is 0 Å². The highest BCUT2D eigenvalue weighted by Gasteiger charge is 2.17. The zero-order valence-electron chi connectivity index (χ0n) is 12.9. The zero-order valence-corrected chi connectivity index (χ0v) is 13.7. The molecule has 0 bridgehead atoms. The minimum absolute atomic E-state index is 0.266. The van der Waals surface area contributed by atoms with E-state index in [-0.39, 0.29) is 6.04 Å². The number of rotatable bonds is 6. The van der Waals surface area contributed by atoms with Crippen molar-refractivity contribution in [2.75, 3.05) is 28.4 Å². The third-order valence-corrected chi connectivity index (χ3v) is 4.53. The molecule has 2 aromatic rings. The molecule has 114 valence electrons. The molecule has 0 fully saturated rings. The number of thiazole rings is 1. The first-order chi connectivity index (χ1) is 10.1. The maximum Gasteiger partial charge on any atom is 0.164 e. The van der Waals surface area contributed by atoms with E-state index in [4.69, 9.17) is 14.2 Å². The molecular formula is C15H20N2O3S. The molecule has 0 aliphatic rings. The van der Waals surface area contributed by atoms with Crippen molar-refractivity contribution in [3.8, 4) is 27.8 Å². The van der Waals surface area contributed by atoms with Gasteiger partial charge in [0.15, 0.2) is 11.5 Å². The SMILES string of the molecule is CNC(C)c1cnc(-c2cc(OC)c(OC)cc2OC)s1. The van der Waals surface area contributed by atoms with Gasteiger partial charge in [0.25, 0.3) is 0 Å². The number of nitrogens with one attached hydrogen (secondary N) is 1. The molecule has 0 amide bonds. The molecule has 1 aromatic heterocycles. The van der Waals surface area contributed by atoms with E-state index < -0.39 is 0 Å². The van der Waals surface area contributed by atoms with Crippen molar-refractivity contribution < 1.29 is 14.2 Å². The maximum atomic E-state index is 5.45. The molecule has 1 N–H and O–H groups in total. The average molecular weight is 308 g/mol. The van der Waals surface area contributed by atoms with Crippen LogP contribution in [0.1, 0.15) is 17.8 Å². The van der Waals surface area contributed by atoms with E-state index in [2.05, 4.69) is 17.2 Å². The summed E-state index contributed by atoms with van der Waals surface area (Å²) >= 11 is 1.63. The van der Waals surface area contributed by atoms with E-state index in [1.165, 1.54) is 4.88 Å². The van der Waals surface area contributed by atoms with Gasteiger partial charge in [0, 0.05) is 23.2 Å². The third-order valence-electron chi connectivity index (χ3n) is 3.32. The summed E-state index contributed by atoms with van der Waals surface area (Å²) in [7, 11) is 6.79. The highest BCUT2D eigenvalue weighted by atomic mass is 32.1. The summed E-state index contributed by atoms with van der Waals surface area (Å²) in [4.78, 5) is 5.67. The summed E-state index contributed by atoms with van der Waals surface area (Å²) in [5.41, 5.74) is 0.898. The third kappa shape index (κ3) is 3.11. The van der Waals surface area contributed by atoms with Crippen LogP contribution in [0.25, 0.3) is 10.6 Å². The van der Waals surface area contributed by atoms with Crippen molar-refractivity contribution >= 4 is 11.3 Å². The minimum atomic E-state index is 0.266. The van der Waals surface area contributed by atoms with Gasteiger partial charge in [-0.15, -0.1) is 11.3 Å². The summed E-state index contributed by atoms with van der Waals surface area (Å²) < 4.78 is 16.1. The van der Waals surface area contributed by atoms with Gasteiger partial charge in [0.05, 0.1) is 26.9 Å². The Balaban J connectivity index is 2.49. The lowest BCUT2D eigenvalue weighted by atomic mass is 10.2. The Hall–Kier alpha value is -1.79. The van der Waals surface area contributed by atoms with Gasteiger partial charge in [-0.1, -0.05) is 0 Å². The molecule has 0 saturated carbocycles. The van der Waals surface area contributed by atoms with Gasteiger partial charge >= 0.3 is 0 Å². The molecule has 0 spiro atoms. The fraction of sp³-hybridized carbons (Fsp3) is 0.400. The number of ether oxygens (including phenoxy) is 3. The van der Waals surface area contributed by atoms with Gasteiger partial charge in [-0.25, -0.2) is 4.98 Å². The molecule has 2 rings (SSSR count). The summed E-state index contributed by atoms with van der Waals surface area (Å²) in [6.45, 7) is 2.10.